The Bertz CT molecular complexity index is 414. The topological polar surface area (TPSA) is 58.6 Å². The monoisotopic (exact) mass is 319 g/mol. The van der Waals surface area contributed by atoms with Crippen LogP contribution in [0.3, 0.4) is 0 Å². The number of ether oxygens (including phenoxy) is 1. The second-order valence-corrected chi connectivity index (χ2v) is 4.69. The van der Waals surface area contributed by atoms with Crippen LogP contribution in [-0.4, -0.2) is 37.4 Å². The summed E-state index contributed by atoms with van der Waals surface area (Å²) in [5, 5.41) is 11.9. The lowest BCUT2D eigenvalue weighted by Crippen LogP contribution is -2.29. The molecule has 18 heavy (non-hydrogen) atoms. The third kappa shape index (κ3) is 4.72. The van der Waals surface area contributed by atoms with E-state index in [1.54, 1.807) is 0 Å². The minimum Gasteiger partial charge on any atom is -0.391 e. The molecule has 0 aromatic heterocycles. The molecule has 100 valence electrons. The first-order valence-corrected chi connectivity index (χ1v) is 6.24. The Morgan fingerprint density at radius 3 is 3.00 bits per heavy atom. The van der Waals surface area contributed by atoms with Crippen LogP contribution in [0.4, 0.5) is 4.39 Å². The van der Waals surface area contributed by atoms with E-state index in [0.29, 0.717) is 10.9 Å². The van der Waals surface area contributed by atoms with Crippen LogP contribution in [0.25, 0.3) is 0 Å². The highest BCUT2D eigenvalue weighted by atomic mass is 79.9. The highest BCUT2D eigenvalue weighted by Gasteiger charge is 2.12. The van der Waals surface area contributed by atoms with Crippen molar-refractivity contribution in [3.63, 3.8) is 0 Å². The molecule has 1 amide bonds. The molecule has 0 bridgehead atoms. The quantitative estimate of drug-likeness (QED) is 0.839. The van der Waals surface area contributed by atoms with Gasteiger partial charge in [0.2, 0.25) is 0 Å². The second kappa shape index (κ2) is 7.45. The molecule has 1 rings (SSSR count). The lowest BCUT2D eigenvalue weighted by molar-refractivity contribution is 0.0587. The number of aliphatic hydroxyl groups is 1. The zero-order valence-electron chi connectivity index (χ0n) is 9.95. The first kappa shape index (κ1) is 15.1. The number of carbonyl (C=O) groups excluding carboxylic acids is 1. The predicted molar refractivity (Wildman–Crippen MR) is 68.9 cm³/mol. The van der Waals surface area contributed by atoms with Crippen LogP contribution in [0.5, 0.6) is 0 Å². The Kier molecular flexibility index (Phi) is 6.24. The number of hydrogen-bond donors (Lipinski definition) is 2. The SMILES string of the molecule is COCC(O)CCNC(=O)c1cc(Br)ccc1F. The van der Waals surface area contributed by atoms with E-state index in [4.69, 9.17) is 4.74 Å². The molecule has 1 aromatic rings. The van der Waals surface area contributed by atoms with Gasteiger partial charge in [0, 0.05) is 18.1 Å². The molecule has 0 saturated carbocycles. The van der Waals surface area contributed by atoms with E-state index in [2.05, 4.69) is 21.2 Å². The van der Waals surface area contributed by atoms with Crippen molar-refractivity contribution in [1.82, 2.24) is 5.32 Å². The Hall–Kier alpha value is -0.980. The minimum atomic E-state index is -0.636. The second-order valence-electron chi connectivity index (χ2n) is 3.78. The normalized spacial score (nSPS) is 12.2. The molecule has 2 N–H and O–H groups in total. The maximum atomic E-state index is 13.4. The van der Waals surface area contributed by atoms with Gasteiger partial charge in [-0.3, -0.25) is 4.79 Å². The fraction of sp³-hybridized carbons (Fsp3) is 0.417. The Morgan fingerprint density at radius 1 is 1.61 bits per heavy atom. The molecule has 0 aliphatic rings. The fourth-order valence-electron chi connectivity index (χ4n) is 1.39. The molecule has 0 aliphatic carbocycles. The Balaban J connectivity index is 2.48. The molecule has 0 aliphatic heterocycles. The molecule has 1 aromatic carbocycles. The number of methoxy groups -OCH3 is 1. The summed E-state index contributed by atoms with van der Waals surface area (Å²) < 4.78 is 18.8. The largest absolute Gasteiger partial charge is 0.391 e. The number of aliphatic hydroxyl groups excluding tert-OH is 1. The van der Waals surface area contributed by atoms with Crippen molar-refractivity contribution in [1.29, 1.82) is 0 Å². The minimum absolute atomic E-state index is 0.0226. The van der Waals surface area contributed by atoms with Gasteiger partial charge in [0.05, 0.1) is 18.3 Å². The average Bonchev–Trinajstić information content (AvgIpc) is 2.32. The molecule has 0 radical (unpaired) electrons. The van der Waals surface area contributed by atoms with Crippen LogP contribution >= 0.6 is 15.9 Å². The molecule has 4 nitrogen and oxygen atoms in total. The van der Waals surface area contributed by atoms with Crippen LogP contribution < -0.4 is 5.32 Å². The van der Waals surface area contributed by atoms with Gasteiger partial charge in [0.15, 0.2) is 0 Å². The van der Waals surface area contributed by atoms with Gasteiger partial charge in [-0.15, -0.1) is 0 Å². The smallest absolute Gasteiger partial charge is 0.254 e. The van der Waals surface area contributed by atoms with Gasteiger partial charge in [0.1, 0.15) is 5.82 Å². The van der Waals surface area contributed by atoms with Crippen LogP contribution in [0.2, 0.25) is 0 Å². The molecule has 1 atom stereocenters. The van der Waals surface area contributed by atoms with Gasteiger partial charge in [-0.2, -0.15) is 0 Å². The third-order valence-electron chi connectivity index (χ3n) is 2.30. The number of benzene rings is 1. The third-order valence-corrected chi connectivity index (χ3v) is 2.79. The molecule has 0 fully saturated rings. The summed E-state index contributed by atoms with van der Waals surface area (Å²) >= 11 is 3.17. The van der Waals surface area contributed by atoms with Crippen molar-refractivity contribution in [2.24, 2.45) is 0 Å². The van der Waals surface area contributed by atoms with Crippen molar-refractivity contribution >= 4 is 21.8 Å². The summed E-state index contributed by atoms with van der Waals surface area (Å²) in [5.41, 5.74) is -0.0226. The van der Waals surface area contributed by atoms with E-state index >= 15 is 0 Å². The first-order valence-electron chi connectivity index (χ1n) is 5.45. The number of amides is 1. The van der Waals surface area contributed by atoms with Gasteiger partial charge in [-0.25, -0.2) is 4.39 Å². The highest BCUT2D eigenvalue weighted by Crippen LogP contribution is 2.15. The number of hydrogen-bond acceptors (Lipinski definition) is 3. The number of nitrogens with one attached hydrogen (secondary N) is 1. The van der Waals surface area contributed by atoms with Gasteiger partial charge in [-0.05, 0) is 24.6 Å². The molecule has 0 spiro atoms. The Morgan fingerprint density at radius 2 is 2.33 bits per heavy atom. The van der Waals surface area contributed by atoms with E-state index in [1.165, 1.54) is 25.3 Å². The number of halogens is 2. The van der Waals surface area contributed by atoms with Crippen LogP contribution in [0, 0.1) is 5.82 Å². The van der Waals surface area contributed by atoms with Gasteiger partial charge in [0.25, 0.3) is 5.91 Å². The van der Waals surface area contributed by atoms with Crippen LogP contribution in [-0.2, 0) is 4.74 Å². The maximum Gasteiger partial charge on any atom is 0.254 e. The lowest BCUT2D eigenvalue weighted by atomic mass is 10.2. The summed E-state index contributed by atoms with van der Waals surface area (Å²) in [5.74, 6) is -1.08. The molecule has 0 saturated heterocycles. The van der Waals surface area contributed by atoms with Gasteiger partial charge >= 0.3 is 0 Å². The summed E-state index contributed by atoms with van der Waals surface area (Å²) in [7, 11) is 1.48. The molecule has 1 unspecified atom stereocenters. The summed E-state index contributed by atoms with van der Waals surface area (Å²) in [4.78, 5) is 11.7. The van der Waals surface area contributed by atoms with Crippen molar-refractivity contribution in [2.45, 2.75) is 12.5 Å². The standard InChI is InChI=1S/C12H15BrFNO3/c1-18-7-9(16)4-5-15-12(17)10-6-8(13)2-3-11(10)14/h2-3,6,9,16H,4-5,7H2,1H3,(H,15,17). The van der Waals surface area contributed by atoms with E-state index in [-0.39, 0.29) is 18.7 Å². The lowest BCUT2D eigenvalue weighted by Gasteiger charge is -2.10. The van der Waals surface area contributed by atoms with E-state index in [9.17, 15) is 14.3 Å². The van der Waals surface area contributed by atoms with E-state index in [1.807, 2.05) is 0 Å². The van der Waals surface area contributed by atoms with E-state index in [0.717, 1.165) is 0 Å². The number of carbonyl (C=O) groups is 1. The molecular weight excluding hydrogens is 305 g/mol. The maximum absolute atomic E-state index is 13.4. The van der Waals surface area contributed by atoms with Crippen molar-refractivity contribution in [3.05, 3.63) is 34.1 Å². The Labute approximate surface area is 113 Å². The van der Waals surface area contributed by atoms with Crippen molar-refractivity contribution in [2.75, 3.05) is 20.3 Å². The number of rotatable bonds is 6. The van der Waals surface area contributed by atoms with Crippen LogP contribution in [0.15, 0.2) is 22.7 Å². The zero-order valence-corrected chi connectivity index (χ0v) is 11.5. The fourth-order valence-corrected chi connectivity index (χ4v) is 1.76. The van der Waals surface area contributed by atoms with Gasteiger partial charge in [-0.1, -0.05) is 15.9 Å². The molecule has 0 heterocycles. The summed E-state index contributed by atoms with van der Waals surface area (Å²) in [6, 6.07) is 4.16. The molecular formula is C12H15BrFNO3. The van der Waals surface area contributed by atoms with Crippen LogP contribution in [0.1, 0.15) is 16.8 Å². The average molecular weight is 320 g/mol. The first-order chi connectivity index (χ1) is 8.54. The summed E-state index contributed by atoms with van der Waals surface area (Å²) in [6.07, 6.45) is -0.280. The van der Waals surface area contributed by atoms with Crippen molar-refractivity contribution < 1.29 is 19.0 Å². The summed E-state index contributed by atoms with van der Waals surface area (Å²) in [6.45, 7) is 0.469. The van der Waals surface area contributed by atoms with Crippen molar-refractivity contribution in [3.8, 4) is 0 Å². The van der Waals surface area contributed by atoms with E-state index < -0.39 is 17.8 Å². The predicted octanol–water partition coefficient (Wildman–Crippen LogP) is 1.72. The molecule has 6 heteroatoms. The van der Waals surface area contributed by atoms with Gasteiger partial charge < -0.3 is 15.2 Å². The zero-order chi connectivity index (χ0) is 13.5. The highest BCUT2D eigenvalue weighted by molar-refractivity contribution is 9.10.